The van der Waals surface area contributed by atoms with Crippen LogP contribution in [0.15, 0.2) is 29.8 Å². The van der Waals surface area contributed by atoms with Crippen LogP contribution in [0, 0.1) is 0 Å². The van der Waals surface area contributed by atoms with E-state index in [1.165, 1.54) is 0 Å². The van der Waals surface area contributed by atoms with Crippen LogP contribution in [-0.2, 0) is 4.79 Å². The third kappa shape index (κ3) is 4.01. The Bertz CT molecular complexity index is 524. The maximum atomic E-state index is 12.0. The smallest absolute Gasteiger partial charge is 0.247 e. The number of carbonyl (C=O) groups excluding carboxylic acids is 1. The molecule has 1 aromatic carbocycles. The second kappa shape index (κ2) is 6.66. The second-order valence-electron chi connectivity index (χ2n) is 5.06. The van der Waals surface area contributed by atoms with Crippen LogP contribution in [0.4, 0.5) is 0 Å². The molecule has 3 nitrogen and oxygen atoms in total. The van der Waals surface area contributed by atoms with Crippen LogP contribution >= 0.6 is 23.4 Å². The summed E-state index contributed by atoms with van der Waals surface area (Å²) in [6.07, 6.45) is 2.48. The molecule has 0 spiro atoms. The molecule has 1 saturated heterocycles. The molecule has 0 aromatic heterocycles. The fraction of sp³-hybridized carbons (Fsp3) is 0.400. The SMILES string of the molecule is C/C(=C/c1ccccc1Cl)C(=O)NCC1(O)CCSC1. The first-order valence-corrected chi connectivity index (χ1v) is 8.05. The van der Waals surface area contributed by atoms with Crippen LogP contribution in [0.5, 0.6) is 0 Å². The van der Waals surface area contributed by atoms with E-state index in [9.17, 15) is 9.90 Å². The lowest BCUT2D eigenvalue weighted by molar-refractivity contribution is -0.118. The van der Waals surface area contributed by atoms with Gasteiger partial charge in [0.15, 0.2) is 0 Å². The number of thioether (sulfide) groups is 1. The van der Waals surface area contributed by atoms with Crippen molar-refractivity contribution in [3.8, 4) is 0 Å². The lowest BCUT2D eigenvalue weighted by atomic mass is 10.0. The molecule has 5 heteroatoms. The zero-order chi connectivity index (χ0) is 14.6. The average Bonchev–Trinajstić information content (AvgIpc) is 2.86. The fourth-order valence-corrected chi connectivity index (χ4v) is 3.50. The molecule has 1 aliphatic heterocycles. The van der Waals surface area contributed by atoms with Crippen molar-refractivity contribution in [1.29, 1.82) is 0 Å². The van der Waals surface area contributed by atoms with E-state index in [1.807, 2.05) is 18.2 Å². The van der Waals surface area contributed by atoms with Gasteiger partial charge in [0.05, 0.1) is 5.60 Å². The third-order valence-corrected chi connectivity index (χ3v) is 4.87. The van der Waals surface area contributed by atoms with Crippen molar-refractivity contribution in [2.45, 2.75) is 18.9 Å². The number of amides is 1. The number of rotatable bonds is 4. The van der Waals surface area contributed by atoms with Crippen LogP contribution in [-0.4, -0.2) is 34.7 Å². The first-order valence-electron chi connectivity index (χ1n) is 6.51. The molecule has 1 fully saturated rings. The highest BCUT2D eigenvalue weighted by Crippen LogP contribution is 2.27. The van der Waals surface area contributed by atoms with Crippen molar-refractivity contribution in [1.82, 2.24) is 5.32 Å². The predicted octanol–water partition coefficient (Wildman–Crippen LogP) is 2.73. The number of benzene rings is 1. The highest BCUT2D eigenvalue weighted by Gasteiger charge is 2.31. The molecule has 1 unspecified atom stereocenters. The van der Waals surface area contributed by atoms with Gasteiger partial charge in [0.2, 0.25) is 5.91 Å². The molecule has 0 aliphatic carbocycles. The second-order valence-corrected chi connectivity index (χ2v) is 6.57. The summed E-state index contributed by atoms with van der Waals surface area (Å²) in [4.78, 5) is 12.0. The zero-order valence-corrected chi connectivity index (χ0v) is 12.9. The van der Waals surface area contributed by atoms with Gasteiger partial charge in [-0.05, 0) is 36.8 Å². The van der Waals surface area contributed by atoms with Gasteiger partial charge in [-0.3, -0.25) is 4.79 Å². The molecule has 108 valence electrons. The number of halogens is 1. The van der Waals surface area contributed by atoms with E-state index >= 15 is 0 Å². The quantitative estimate of drug-likeness (QED) is 0.841. The molecular weight excluding hydrogens is 294 g/mol. The summed E-state index contributed by atoms with van der Waals surface area (Å²) in [6.45, 7) is 2.04. The number of carbonyl (C=O) groups is 1. The predicted molar refractivity (Wildman–Crippen MR) is 85.0 cm³/mol. The molecule has 0 radical (unpaired) electrons. The normalized spacial score (nSPS) is 22.9. The van der Waals surface area contributed by atoms with Crippen LogP contribution in [0.25, 0.3) is 6.08 Å². The van der Waals surface area contributed by atoms with Crippen molar-refractivity contribution in [2.75, 3.05) is 18.1 Å². The van der Waals surface area contributed by atoms with E-state index in [2.05, 4.69) is 5.32 Å². The molecule has 1 heterocycles. The standard InChI is InChI=1S/C15H18ClNO2S/c1-11(8-12-4-2-3-5-13(12)16)14(18)17-9-15(19)6-7-20-10-15/h2-5,8,19H,6-7,9-10H2,1H3,(H,17,18)/b11-8-. The van der Waals surface area contributed by atoms with Crippen molar-refractivity contribution in [3.05, 3.63) is 40.4 Å². The van der Waals surface area contributed by atoms with Gasteiger partial charge in [0.1, 0.15) is 0 Å². The van der Waals surface area contributed by atoms with Crippen LogP contribution < -0.4 is 5.32 Å². The topological polar surface area (TPSA) is 49.3 Å². The van der Waals surface area contributed by atoms with Gasteiger partial charge in [-0.1, -0.05) is 29.8 Å². The summed E-state index contributed by atoms with van der Waals surface area (Å²) >= 11 is 7.77. The lowest BCUT2D eigenvalue weighted by Crippen LogP contribution is -2.43. The first-order chi connectivity index (χ1) is 9.50. The zero-order valence-electron chi connectivity index (χ0n) is 11.4. The molecular formula is C15H18ClNO2S. The molecule has 0 bridgehead atoms. The first kappa shape index (κ1) is 15.4. The third-order valence-electron chi connectivity index (χ3n) is 3.30. The minimum Gasteiger partial charge on any atom is -0.387 e. The lowest BCUT2D eigenvalue weighted by Gasteiger charge is -2.21. The van der Waals surface area contributed by atoms with Gasteiger partial charge in [-0.2, -0.15) is 11.8 Å². The Labute approximate surface area is 128 Å². The summed E-state index contributed by atoms with van der Waals surface area (Å²) in [5.41, 5.74) is 0.634. The van der Waals surface area contributed by atoms with Crippen molar-refractivity contribution in [3.63, 3.8) is 0 Å². The van der Waals surface area contributed by atoms with Crippen molar-refractivity contribution in [2.24, 2.45) is 0 Å². The summed E-state index contributed by atoms with van der Waals surface area (Å²) in [7, 11) is 0. The Kier molecular flexibility index (Phi) is 5.13. The molecule has 1 amide bonds. The Morgan fingerprint density at radius 3 is 2.95 bits per heavy atom. The Morgan fingerprint density at radius 2 is 2.30 bits per heavy atom. The molecule has 2 N–H and O–H groups in total. The molecule has 1 aromatic rings. The van der Waals surface area contributed by atoms with Gasteiger partial charge < -0.3 is 10.4 Å². The maximum absolute atomic E-state index is 12.0. The number of hydrogen-bond donors (Lipinski definition) is 2. The Hall–Kier alpha value is -0.970. The number of nitrogens with one attached hydrogen (secondary N) is 1. The van der Waals surface area contributed by atoms with Gasteiger partial charge >= 0.3 is 0 Å². The van der Waals surface area contributed by atoms with E-state index in [0.717, 1.165) is 17.7 Å². The minimum atomic E-state index is -0.759. The molecule has 1 aliphatic rings. The molecule has 0 saturated carbocycles. The largest absolute Gasteiger partial charge is 0.387 e. The van der Waals surface area contributed by atoms with Gasteiger partial charge in [-0.15, -0.1) is 0 Å². The Balaban J connectivity index is 1.97. The minimum absolute atomic E-state index is 0.171. The summed E-state index contributed by atoms with van der Waals surface area (Å²) in [5, 5.41) is 13.6. The van der Waals surface area contributed by atoms with E-state index in [4.69, 9.17) is 11.6 Å². The van der Waals surface area contributed by atoms with Crippen molar-refractivity contribution < 1.29 is 9.90 Å². The van der Waals surface area contributed by atoms with Gasteiger partial charge in [0, 0.05) is 22.9 Å². The number of hydrogen-bond acceptors (Lipinski definition) is 3. The van der Waals surface area contributed by atoms with Crippen LogP contribution in [0.3, 0.4) is 0 Å². The van der Waals surface area contributed by atoms with Crippen LogP contribution in [0.2, 0.25) is 5.02 Å². The van der Waals surface area contributed by atoms with E-state index in [0.29, 0.717) is 22.9 Å². The average molecular weight is 312 g/mol. The number of aliphatic hydroxyl groups is 1. The highest BCUT2D eigenvalue weighted by atomic mass is 35.5. The maximum Gasteiger partial charge on any atom is 0.247 e. The van der Waals surface area contributed by atoms with Gasteiger partial charge in [0.25, 0.3) is 0 Å². The van der Waals surface area contributed by atoms with E-state index < -0.39 is 5.60 Å². The van der Waals surface area contributed by atoms with E-state index in [-0.39, 0.29) is 5.91 Å². The highest BCUT2D eigenvalue weighted by molar-refractivity contribution is 7.99. The van der Waals surface area contributed by atoms with Crippen molar-refractivity contribution >= 4 is 35.3 Å². The molecule has 20 heavy (non-hydrogen) atoms. The van der Waals surface area contributed by atoms with Gasteiger partial charge in [-0.25, -0.2) is 0 Å². The summed E-state index contributed by atoms with van der Waals surface area (Å²) < 4.78 is 0. The summed E-state index contributed by atoms with van der Waals surface area (Å²) in [5.74, 6) is 1.46. The fourth-order valence-electron chi connectivity index (χ4n) is 2.01. The monoisotopic (exact) mass is 311 g/mol. The molecule has 2 rings (SSSR count). The molecule has 1 atom stereocenters. The van der Waals surface area contributed by atoms with E-state index in [1.54, 1.807) is 30.8 Å². The van der Waals surface area contributed by atoms with Crippen LogP contribution in [0.1, 0.15) is 18.9 Å². The summed E-state index contributed by atoms with van der Waals surface area (Å²) in [6, 6.07) is 7.38. The Morgan fingerprint density at radius 1 is 1.55 bits per heavy atom.